The van der Waals surface area contributed by atoms with Gasteiger partial charge in [0.05, 0.1) is 21.3 Å². The van der Waals surface area contributed by atoms with Gasteiger partial charge in [-0.1, -0.05) is 12.1 Å². The van der Waals surface area contributed by atoms with Gasteiger partial charge in [-0.25, -0.2) is 4.57 Å². The normalized spacial score (nSPS) is 11.0. The predicted octanol–water partition coefficient (Wildman–Crippen LogP) is 1.19. The molecule has 5 rings (SSSR count). The largest absolute Gasteiger partial charge is 1.00 e. The first kappa shape index (κ1) is 21.6. The summed E-state index contributed by atoms with van der Waals surface area (Å²) < 4.78 is 21.3. The molecule has 0 amide bonds. The molecule has 0 atom stereocenters. The van der Waals surface area contributed by atoms with Gasteiger partial charge in [-0.2, -0.15) is 4.40 Å². The van der Waals surface area contributed by atoms with E-state index in [9.17, 15) is 0 Å². The number of fused-ring (bicyclic) bond motifs is 5. The summed E-state index contributed by atoms with van der Waals surface area (Å²) in [5.41, 5.74) is 12.2. The molecule has 0 fully saturated rings. The van der Waals surface area contributed by atoms with E-state index < -0.39 is 0 Å². The van der Waals surface area contributed by atoms with E-state index in [-0.39, 0.29) is 12.4 Å². The number of nitrogens with zero attached hydrogens (tertiary/aromatic N) is 2. The lowest BCUT2D eigenvalue weighted by Gasteiger charge is -2.15. The van der Waals surface area contributed by atoms with Crippen LogP contribution in [0.25, 0.3) is 27.6 Å². The second kappa shape index (κ2) is 8.48. The lowest BCUT2D eigenvalue weighted by atomic mass is 10.1. The van der Waals surface area contributed by atoms with Gasteiger partial charge in [-0.15, -0.1) is 0 Å². The fourth-order valence-electron chi connectivity index (χ4n) is 4.37. The smallest absolute Gasteiger partial charge is 0.287 e. The highest BCUT2D eigenvalue weighted by molar-refractivity contribution is 5.84. The van der Waals surface area contributed by atoms with Gasteiger partial charge in [-0.3, -0.25) is 0 Å². The first-order chi connectivity index (χ1) is 15.2. The Hall–Kier alpha value is -3.64. The monoisotopic (exact) mass is 449 g/mol. The quantitative estimate of drug-likeness (QED) is 0.323. The molecule has 0 spiro atoms. The van der Waals surface area contributed by atoms with Gasteiger partial charge in [-0.05, 0) is 48.5 Å². The minimum absolute atomic E-state index is 0. The van der Waals surface area contributed by atoms with Crippen LogP contribution >= 0.6 is 0 Å². The van der Waals surface area contributed by atoms with Gasteiger partial charge in [0.1, 0.15) is 12.1 Å². The Morgan fingerprint density at radius 2 is 1.59 bits per heavy atom. The minimum Gasteiger partial charge on any atom is -1.00 e. The van der Waals surface area contributed by atoms with E-state index >= 15 is 0 Å². The first-order valence-corrected chi connectivity index (χ1v) is 10.1. The van der Waals surface area contributed by atoms with Crippen LogP contribution < -0.4 is 36.8 Å². The SMILES string of the molecule is COc1ccc(Cn2c3ccccc3[n+]3c4ccc(N)cc4ccc23)c(OC)c1OC.[Cl-]. The molecule has 6 nitrogen and oxygen atoms in total. The Bertz CT molecular complexity index is 1450. The number of hydrogen-bond donors (Lipinski definition) is 1. The van der Waals surface area contributed by atoms with E-state index in [1.54, 1.807) is 21.3 Å². The standard InChI is InChI=1S/C25H24N3O3.ClH/c1-29-22-12-8-17(24(30-2)25(22)31-3)15-27-20-6-4-5-7-21(20)28-19-11-10-18(26)14-16(19)9-13-23(27)28;/h4-14H,15,26H2,1-3H3;1H/q+1;/p-1. The van der Waals surface area contributed by atoms with Gasteiger partial charge in [0.2, 0.25) is 5.75 Å². The van der Waals surface area contributed by atoms with Gasteiger partial charge in [0.15, 0.2) is 22.5 Å². The zero-order valence-electron chi connectivity index (χ0n) is 18.1. The van der Waals surface area contributed by atoms with Crippen molar-refractivity contribution < 1.29 is 31.0 Å². The molecule has 0 aliphatic carbocycles. The first-order valence-electron chi connectivity index (χ1n) is 10.1. The third-order valence-electron chi connectivity index (χ3n) is 5.74. The Morgan fingerprint density at radius 1 is 0.812 bits per heavy atom. The van der Waals surface area contributed by atoms with Gasteiger partial charge in [0.25, 0.3) is 5.65 Å². The number of methoxy groups -OCH3 is 3. The summed E-state index contributed by atoms with van der Waals surface area (Å²) in [5.74, 6) is 1.91. The predicted molar refractivity (Wildman–Crippen MR) is 122 cm³/mol. The highest BCUT2D eigenvalue weighted by atomic mass is 35.5. The number of imidazole rings is 1. The molecule has 5 aromatic rings. The number of aromatic nitrogens is 2. The fourth-order valence-corrected chi connectivity index (χ4v) is 4.37. The van der Waals surface area contributed by atoms with Crippen molar-refractivity contribution in [2.45, 2.75) is 6.54 Å². The van der Waals surface area contributed by atoms with Crippen LogP contribution in [-0.4, -0.2) is 25.9 Å². The average molecular weight is 450 g/mol. The van der Waals surface area contributed by atoms with Crippen molar-refractivity contribution in [3.8, 4) is 17.2 Å². The summed E-state index contributed by atoms with van der Waals surface area (Å²) >= 11 is 0. The molecular weight excluding hydrogens is 426 g/mol. The number of pyridine rings is 1. The fraction of sp³-hybridized carbons (Fsp3) is 0.160. The maximum Gasteiger partial charge on any atom is 0.287 e. The van der Waals surface area contributed by atoms with E-state index in [2.05, 4.69) is 51.4 Å². The van der Waals surface area contributed by atoms with E-state index in [1.165, 1.54) is 0 Å². The van der Waals surface area contributed by atoms with Crippen molar-refractivity contribution in [1.29, 1.82) is 0 Å². The van der Waals surface area contributed by atoms with Crippen molar-refractivity contribution in [2.24, 2.45) is 0 Å². The molecule has 2 N–H and O–H groups in total. The molecule has 0 saturated heterocycles. The molecular formula is C25H24ClN3O3. The maximum absolute atomic E-state index is 6.02. The number of ether oxygens (including phenoxy) is 3. The number of halogens is 1. The number of hydrogen-bond acceptors (Lipinski definition) is 4. The van der Waals surface area contributed by atoms with Crippen LogP contribution in [-0.2, 0) is 6.54 Å². The van der Waals surface area contributed by atoms with Crippen molar-refractivity contribution in [3.63, 3.8) is 0 Å². The molecule has 0 radical (unpaired) electrons. The number of benzene rings is 3. The Balaban J connectivity index is 0.00000245. The van der Waals surface area contributed by atoms with Crippen molar-refractivity contribution in [3.05, 3.63) is 72.3 Å². The molecule has 0 bridgehead atoms. The summed E-state index contributed by atoms with van der Waals surface area (Å²) in [6.07, 6.45) is 0. The number of anilines is 1. The molecule has 3 aromatic carbocycles. The summed E-state index contributed by atoms with van der Waals surface area (Å²) in [4.78, 5) is 0. The highest BCUT2D eigenvalue weighted by Crippen LogP contribution is 2.40. The minimum atomic E-state index is 0. The Morgan fingerprint density at radius 3 is 2.34 bits per heavy atom. The van der Waals surface area contributed by atoms with Crippen LogP contribution in [0.5, 0.6) is 17.2 Å². The second-order valence-electron chi connectivity index (χ2n) is 7.41. The van der Waals surface area contributed by atoms with Gasteiger partial charge >= 0.3 is 0 Å². The van der Waals surface area contributed by atoms with E-state index in [1.807, 2.05) is 24.3 Å². The summed E-state index contributed by atoms with van der Waals surface area (Å²) in [7, 11) is 4.90. The van der Waals surface area contributed by atoms with Crippen molar-refractivity contribution in [1.82, 2.24) is 4.57 Å². The lowest BCUT2D eigenvalue weighted by Crippen LogP contribution is -3.00. The number of nitrogen functional groups attached to an aromatic ring is 1. The molecule has 2 aromatic heterocycles. The third-order valence-corrected chi connectivity index (χ3v) is 5.74. The van der Waals surface area contributed by atoms with Crippen LogP contribution in [0.1, 0.15) is 5.56 Å². The summed E-state index contributed by atoms with van der Waals surface area (Å²) in [5, 5.41) is 1.10. The van der Waals surface area contributed by atoms with Crippen LogP contribution in [0.4, 0.5) is 5.69 Å². The van der Waals surface area contributed by atoms with Crippen LogP contribution in [0.3, 0.4) is 0 Å². The molecule has 0 aliphatic heterocycles. The Kier molecular flexibility index (Phi) is 5.72. The van der Waals surface area contributed by atoms with Crippen LogP contribution in [0.2, 0.25) is 0 Å². The molecule has 0 saturated carbocycles. The zero-order valence-corrected chi connectivity index (χ0v) is 18.9. The summed E-state index contributed by atoms with van der Waals surface area (Å²) in [6.45, 7) is 0.612. The lowest BCUT2D eigenvalue weighted by molar-refractivity contribution is -0.450. The number of nitrogens with two attached hydrogens (primary N) is 1. The topological polar surface area (TPSA) is 62.7 Å². The Labute approximate surface area is 192 Å². The number of rotatable bonds is 5. The van der Waals surface area contributed by atoms with Crippen molar-refractivity contribution in [2.75, 3.05) is 27.1 Å². The number of para-hydroxylation sites is 2. The van der Waals surface area contributed by atoms with E-state index in [4.69, 9.17) is 19.9 Å². The van der Waals surface area contributed by atoms with Gasteiger partial charge in [0, 0.05) is 22.7 Å². The second-order valence-corrected chi connectivity index (χ2v) is 7.41. The van der Waals surface area contributed by atoms with E-state index in [0.29, 0.717) is 23.8 Å². The van der Waals surface area contributed by atoms with Crippen LogP contribution in [0, 0.1) is 0 Å². The highest BCUT2D eigenvalue weighted by Gasteiger charge is 2.24. The van der Waals surface area contributed by atoms with E-state index in [0.717, 1.165) is 38.8 Å². The maximum atomic E-state index is 6.02. The van der Waals surface area contributed by atoms with Gasteiger partial charge < -0.3 is 32.4 Å². The molecule has 164 valence electrons. The molecule has 32 heavy (non-hydrogen) atoms. The molecule has 0 unspecified atom stereocenters. The molecule has 7 heteroatoms. The average Bonchev–Trinajstić information content (AvgIpc) is 3.12. The van der Waals surface area contributed by atoms with Crippen LogP contribution in [0.15, 0.2) is 66.7 Å². The summed E-state index contributed by atoms with van der Waals surface area (Å²) in [6, 6.07) is 22.6. The molecule has 0 aliphatic rings. The third kappa shape index (κ3) is 3.24. The molecule has 2 heterocycles. The zero-order chi connectivity index (χ0) is 21.5. The van der Waals surface area contributed by atoms with Crippen molar-refractivity contribution >= 4 is 33.3 Å².